The smallest absolute Gasteiger partial charge is 0.172 e. The molecule has 0 amide bonds. The number of anilines is 2. The second-order valence-corrected chi connectivity index (χ2v) is 8.04. The summed E-state index contributed by atoms with van der Waals surface area (Å²) in [7, 11) is 1.59. The number of aromatic nitrogens is 2. The monoisotopic (exact) mass is 397 g/mol. The molecule has 0 aromatic carbocycles. The molecule has 3 aromatic rings. The van der Waals surface area contributed by atoms with Crippen LogP contribution in [0.2, 0.25) is 0 Å². The second-order valence-electron chi connectivity index (χ2n) is 6.98. The van der Waals surface area contributed by atoms with Gasteiger partial charge in [-0.25, -0.2) is 0 Å². The average molecular weight is 398 g/mol. The zero-order chi connectivity index (χ0) is 19.7. The number of carbonyl (C=O) groups excluding carboxylic acids is 1. The fourth-order valence-corrected chi connectivity index (χ4v) is 4.81. The summed E-state index contributed by atoms with van der Waals surface area (Å²) in [5, 5.41) is 0.461. The van der Waals surface area contributed by atoms with Crippen molar-refractivity contribution in [2.24, 2.45) is 5.73 Å². The molecule has 4 N–H and O–H groups in total. The van der Waals surface area contributed by atoms with Gasteiger partial charge in [-0.2, -0.15) is 0 Å². The molecule has 146 valence electrons. The van der Waals surface area contributed by atoms with Gasteiger partial charge in [0.15, 0.2) is 5.78 Å². The number of nitrogen functional groups attached to an aromatic ring is 1. The second kappa shape index (κ2) is 7.73. The van der Waals surface area contributed by atoms with Crippen LogP contribution in [0.4, 0.5) is 10.7 Å². The first-order valence-corrected chi connectivity index (χ1v) is 10.1. The predicted molar refractivity (Wildman–Crippen MR) is 112 cm³/mol. The average Bonchev–Trinajstić information content (AvgIpc) is 3.04. The van der Waals surface area contributed by atoms with E-state index in [1.54, 1.807) is 31.8 Å². The molecular weight excluding hydrogens is 374 g/mol. The minimum absolute atomic E-state index is 0.0694. The fourth-order valence-electron chi connectivity index (χ4n) is 3.77. The summed E-state index contributed by atoms with van der Waals surface area (Å²) in [5.74, 6) is 0.602. The molecule has 4 rings (SSSR count). The van der Waals surface area contributed by atoms with Crippen LogP contribution in [0.25, 0.3) is 10.2 Å². The first kappa shape index (κ1) is 18.6. The van der Waals surface area contributed by atoms with E-state index in [-0.39, 0.29) is 18.2 Å². The highest BCUT2D eigenvalue weighted by molar-refractivity contribution is 7.23. The van der Waals surface area contributed by atoms with Crippen LogP contribution in [0, 0.1) is 0 Å². The molecule has 0 bridgehead atoms. The lowest BCUT2D eigenvalue weighted by Gasteiger charge is -2.33. The summed E-state index contributed by atoms with van der Waals surface area (Å²) in [6.07, 6.45) is 7.43. The number of fused-ring (bicyclic) bond motifs is 1. The Morgan fingerprint density at radius 3 is 3.04 bits per heavy atom. The van der Waals surface area contributed by atoms with Crippen molar-refractivity contribution in [2.45, 2.75) is 25.3 Å². The van der Waals surface area contributed by atoms with Crippen LogP contribution >= 0.6 is 11.3 Å². The van der Waals surface area contributed by atoms with Gasteiger partial charge in [-0.1, -0.05) is 0 Å². The van der Waals surface area contributed by atoms with E-state index in [2.05, 4.69) is 14.9 Å². The van der Waals surface area contributed by atoms with E-state index >= 15 is 0 Å². The van der Waals surface area contributed by atoms with Crippen molar-refractivity contribution in [2.75, 3.05) is 30.8 Å². The highest BCUT2D eigenvalue weighted by Crippen LogP contribution is 2.38. The molecule has 1 fully saturated rings. The number of hydrogen-bond donors (Lipinski definition) is 2. The van der Waals surface area contributed by atoms with Gasteiger partial charge in [-0.15, -0.1) is 11.3 Å². The molecule has 8 heteroatoms. The fraction of sp³-hybridized carbons (Fsp3) is 0.350. The van der Waals surface area contributed by atoms with Crippen molar-refractivity contribution in [3.8, 4) is 5.75 Å². The number of ketones is 1. The number of ether oxygens (including phenoxy) is 1. The van der Waals surface area contributed by atoms with Crippen LogP contribution in [0.3, 0.4) is 0 Å². The Kier molecular flexibility index (Phi) is 5.15. The van der Waals surface area contributed by atoms with Crippen LogP contribution in [0.15, 0.2) is 30.7 Å². The lowest BCUT2D eigenvalue weighted by Crippen LogP contribution is -2.43. The van der Waals surface area contributed by atoms with Crippen molar-refractivity contribution >= 4 is 38.0 Å². The van der Waals surface area contributed by atoms with Crippen LogP contribution in [0.5, 0.6) is 5.75 Å². The number of thiophene rings is 1. The number of nitrogens with zero attached hydrogens (tertiary/aromatic N) is 3. The number of carbonyl (C=O) groups is 1. The number of nitrogens with two attached hydrogens (primary N) is 2. The Morgan fingerprint density at radius 1 is 1.39 bits per heavy atom. The van der Waals surface area contributed by atoms with Gasteiger partial charge < -0.3 is 21.1 Å². The van der Waals surface area contributed by atoms with Gasteiger partial charge in [0.05, 0.1) is 27.9 Å². The van der Waals surface area contributed by atoms with Crippen LogP contribution in [-0.4, -0.2) is 42.0 Å². The highest BCUT2D eigenvalue weighted by Gasteiger charge is 2.24. The highest BCUT2D eigenvalue weighted by atomic mass is 32.1. The van der Waals surface area contributed by atoms with Gasteiger partial charge in [-0.05, 0) is 25.0 Å². The van der Waals surface area contributed by atoms with E-state index in [9.17, 15) is 4.79 Å². The summed E-state index contributed by atoms with van der Waals surface area (Å²) in [5.41, 5.74) is 15.3. The van der Waals surface area contributed by atoms with Gasteiger partial charge in [0.2, 0.25) is 0 Å². The zero-order valence-electron chi connectivity index (χ0n) is 15.7. The Morgan fingerprint density at radius 2 is 2.25 bits per heavy atom. The quantitative estimate of drug-likeness (QED) is 0.637. The maximum absolute atomic E-state index is 13.2. The Hall–Kier alpha value is -2.71. The topological polar surface area (TPSA) is 107 Å². The molecule has 7 nitrogen and oxygen atoms in total. The van der Waals surface area contributed by atoms with Crippen molar-refractivity contribution in [3.63, 3.8) is 0 Å². The van der Waals surface area contributed by atoms with Crippen molar-refractivity contribution < 1.29 is 9.53 Å². The minimum atomic E-state index is -0.0694. The number of hydrogen-bond acceptors (Lipinski definition) is 8. The third-order valence-corrected chi connectivity index (χ3v) is 6.11. The molecule has 0 saturated carbocycles. The number of methoxy groups -OCH3 is 1. The molecule has 0 unspecified atom stereocenters. The lowest BCUT2D eigenvalue weighted by molar-refractivity contribution is 0.0995. The third-order valence-electron chi connectivity index (χ3n) is 5.09. The minimum Gasteiger partial charge on any atom is -0.495 e. The summed E-state index contributed by atoms with van der Waals surface area (Å²) < 4.78 is 6.17. The van der Waals surface area contributed by atoms with Gasteiger partial charge in [0.25, 0.3) is 0 Å². The third kappa shape index (κ3) is 3.41. The van der Waals surface area contributed by atoms with E-state index in [0.717, 1.165) is 41.9 Å². The van der Waals surface area contributed by atoms with E-state index in [0.29, 0.717) is 21.8 Å². The number of rotatable bonds is 5. The number of pyridine rings is 2. The van der Waals surface area contributed by atoms with E-state index in [1.807, 2.05) is 6.07 Å². The zero-order valence-corrected chi connectivity index (χ0v) is 16.5. The van der Waals surface area contributed by atoms with Crippen molar-refractivity contribution in [1.29, 1.82) is 0 Å². The Labute approximate surface area is 167 Å². The number of piperidine rings is 1. The van der Waals surface area contributed by atoms with Crippen LogP contribution < -0.4 is 21.1 Å². The largest absolute Gasteiger partial charge is 0.495 e. The standard InChI is InChI=1S/C20H23N5O2S/c1-27-16-5-7-24-18-17(20(22)28-19(16)18)15(26)9-12-10-23-6-4-14(12)25-8-2-3-13(21)11-25/h4-7,10,13H,2-3,8-9,11,21-22H2,1H3/t13-/m0/s1. The van der Waals surface area contributed by atoms with E-state index in [1.165, 1.54) is 11.3 Å². The molecular formula is C20H23N5O2S. The molecule has 1 saturated heterocycles. The van der Waals surface area contributed by atoms with Gasteiger partial charge in [0.1, 0.15) is 5.75 Å². The first-order chi connectivity index (χ1) is 13.6. The van der Waals surface area contributed by atoms with Crippen molar-refractivity contribution in [3.05, 3.63) is 41.9 Å². The SMILES string of the molecule is COc1ccnc2c(C(=O)Cc3cnccc3N3CCC[C@H](N)C3)c(N)sc12. The maximum Gasteiger partial charge on any atom is 0.172 e. The molecule has 1 atom stereocenters. The maximum atomic E-state index is 13.2. The normalized spacial score (nSPS) is 17.1. The molecule has 4 heterocycles. The Balaban J connectivity index is 1.67. The van der Waals surface area contributed by atoms with Gasteiger partial charge >= 0.3 is 0 Å². The summed E-state index contributed by atoms with van der Waals surface area (Å²) >= 11 is 1.33. The molecule has 0 radical (unpaired) electrons. The summed E-state index contributed by atoms with van der Waals surface area (Å²) in [6, 6.07) is 3.88. The molecule has 28 heavy (non-hydrogen) atoms. The van der Waals surface area contributed by atoms with Gasteiger partial charge in [-0.3, -0.25) is 14.8 Å². The molecule has 3 aromatic heterocycles. The van der Waals surface area contributed by atoms with E-state index < -0.39 is 0 Å². The van der Waals surface area contributed by atoms with Crippen LogP contribution in [-0.2, 0) is 6.42 Å². The summed E-state index contributed by atoms with van der Waals surface area (Å²) in [4.78, 5) is 24.0. The summed E-state index contributed by atoms with van der Waals surface area (Å²) in [6.45, 7) is 1.72. The molecule has 0 spiro atoms. The van der Waals surface area contributed by atoms with E-state index in [4.69, 9.17) is 16.2 Å². The lowest BCUT2D eigenvalue weighted by atomic mass is 10.0. The predicted octanol–water partition coefficient (Wildman–Crippen LogP) is 2.63. The van der Waals surface area contributed by atoms with Gasteiger partial charge in [0, 0.05) is 55.4 Å². The molecule has 0 aliphatic carbocycles. The molecule has 1 aliphatic heterocycles. The first-order valence-electron chi connectivity index (χ1n) is 9.26. The Bertz CT molecular complexity index is 1020. The van der Waals surface area contributed by atoms with Crippen LogP contribution in [0.1, 0.15) is 28.8 Å². The molecule has 1 aliphatic rings. The van der Waals surface area contributed by atoms with Crippen molar-refractivity contribution in [1.82, 2.24) is 9.97 Å². The number of Topliss-reactive ketones (excluding diaryl/α,β-unsaturated/α-hetero) is 1.